The summed E-state index contributed by atoms with van der Waals surface area (Å²) in [4.78, 5) is 24.0. The Balaban J connectivity index is 0.000000175. The van der Waals surface area contributed by atoms with Crippen LogP contribution in [0.2, 0.25) is 20.1 Å². The Kier molecular flexibility index (Phi) is 9.75. The van der Waals surface area contributed by atoms with E-state index in [0.29, 0.717) is 32.9 Å². The molecule has 2 fully saturated rings. The second kappa shape index (κ2) is 13.4. The average Bonchev–Trinajstić information content (AvgIpc) is 3.87. The van der Waals surface area contributed by atoms with Crippen LogP contribution in [0.15, 0.2) is 72.8 Å². The summed E-state index contributed by atoms with van der Waals surface area (Å²) < 4.78 is 54.3. The number of halogens is 8. The topological polar surface area (TPSA) is 58.2 Å². The smallest absolute Gasteiger partial charge is 0.257 e. The van der Waals surface area contributed by atoms with E-state index in [9.17, 15) is 27.2 Å². The Morgan fingerprint density at radius 2 is 0.909 bits per heavy atom. The molecule has 12 heteroatoms. The molecule has 0 radical (unpaired) electrons. The van der Waals surface area contributed by atoms with E-state index >= 15 is 0 Å². The van der Waals surface area contributed by atoms with Crippen molar-refractivity contribution in [3.8, 4) is 0 Å². The van der Waals surface area contributed by atoms with Crippen molar-refractivity contribution >= 4 is 58.2 Å². The van der Waals surface area contributed by atoms with Gasteiger partial charge in [0.1, 0.15) is 34.4 Å². The summed E-state index contributed by atoms with van der Waals surface area (Å²) in [6.07, 6.45) is 1.34. The van der Waals surface area contributed by atoms with Crippen LogP contribution in [0.1, 0.15) is 56.5 Å². The first-order chi connectivity index (χ1) is 20.9. The van der Waals surface area contributed by atoms with Gasteiger partial charge in [0.2, 0.25) is 0 Å². The molecule has 0 bridgehead atoms. The van der Waals surface area contributed by atoms with Crippen molar-refractivity contribution in [3.05, 3.63) is 138 Å². The van der Waals surface area contributed by atoms with Crippen LogP contribution in [0.5, 0.6) is 0 Å². The third kappa shape index (κ3) is 7.32. The Morgan fingerprint density at radius 1 is 0.568 bits per heavy atom. The second-order valence-corrected chi connectivity index (χ2v) is 12.1. The number of carbonyl (C=O) groups is 2. The summed E-state index contributed by atoms with van der Waals surface area (Å²) >= 11 is 23.9. The van der Waals surface area contributed by atoms with E-state index in [2.05, 4.69) is 10.6 Å². The zero-order chi connectivity index (χ0) is 31.7. The summed E-state index contributed by atoms with van der Waals surface area (Å²) in [7, 11) is 0. The van der Waals surface area contributed by atoms with Crippen molar-refractivity contribution in [1.82, 2.24) is 10.6 Å². The minimum Gasteiger partial charge on any atom is -0.348 e. The van der Waals surface area contributed by atoms with Crippen LogP contribution in [0, 0.1) is 23.3 Å². The molecule has 0 saturated heterocycles. The molecular formula is C32H22Cl4F4N2O2. The van der Waals surface area contributed by atoms with E-state index in [1.807, 2.05) is 0 Å². The standard InChI is InChI=1S/2C16H11Cl2F2NO/c2*17-8-4-5-9(11(18)6-8)10-7-14(10)21-16(22)15-12(19)2-1-3-13(15)20/h2*1-6,10,14H,7H2,(H,21,22)/t2*10?,14-/m10/s1. The van der Waals surface area contributed by atoms with Gasteiger partial charge in [-0.25, -0.2) is 17.6 Å². The van der Waals surface area contributed by atoms with E-state index < -0.39 is 46.2 Å². The minimum atomic E-state index is -0.876. The van der Waals surface area contributed by atoms with Crippen molar-refractivity contribution in [2.24, 2.45) is 0 Å². The molecule has 2 saturated carbocycles. The lowest BCUT2D eigenvalue weighted by molar-refractivity contribution is 0.0932. The minimum absolute atomic E-state index is 0.0311. The Bertz CT molecular complexity index is 1590. The van der Waals surface area contributed by atoms with Crippen LogP contribution >= 0.6 is 46.4 Å². The van der Waals surface area contributed by atoms with Crippen LogP contribution in [-0.4, -0.2) is 23.9 Å². The largest absolute Gasteiger partial charge is 0.348 e. The highest BCUT2D eigenvalue weighted by atomic mass is 35.5. The number of amides is 2. The first kappa shape index (κ1) is 32.1. The fraction of sp³-hybridized carbons (Fsp3) is 0.188. The Morgan fingerprint density at radius 3 is 1.23 bits per heavy atom. The van der Waals surface area contributed by atoms with Gasteiger partial charge in [-0.05, 0) is 72.5 Å². The van der Waals surface area contributed by atoms with Crippen molar-refractivity contribution in [2.75, 3.05) is 0 Å². The lowest BCUT2D eigenvalue weighted by Crippen LogP contribution is -2.28. The summed E-state index contributed by atoms with van der Waals surface area (Å²) in [5.41, 5.74) is 0.612. The number of benzene rings is 4. The highest BCUT2D eigenvalue weighted by Gasteiger charge is 2.42. The zero-order valence-corrected chi connectivity index (χ0v) is 25.5. The molecule has 2 aliphatic carbocycles. The molecule has 2 N–H and O–H groups in total. The molecule has 4 aromatic carbocycles. The average molecular weight is 684 g/mol. The van der Waals surface area contributed by atoms with Crippen LogP contribution in [-0.2, 0) is 0 Å². The molecule has 2 amide bonds. The first-order valence-electron chi connectivity index (χ1n) is 13.3. The quantitative estimate of drug-likeness (QED) is 0.199. The number of rotatable bonds is 6. The molecule has 44 heavy (non-hydrogen) atoms. The molecule has 0 spiro atoms. The molecule has 2 unspecified atom stereocenters. The van der Waals surface area contributed by atoms with Gasteiger partial charge in [-0.15, -0.1) is 0 Å². The second-order valence-electron chi connectivity index (χ2n) is 10.4. The molecule has 0 aliphatic heterocycles. The van der Waals surface area contributed by atoms with Crippen molar-refractivity contribution in [3.63, 3.8) is 0 Å². The number of carbonyl (C=O) groups excluding carboxylic acids is 2. The molecule has 2 aliphatic rings. The Labute approximate surface area is 270 Å². The summed E-state index contributed by atoms with van der Waals surface area (Å²) in [5, 5.41) is 7.36. The SMILES string of the molecule is O=C(N[C@@H]1CC1c1ccc(Cl)cc1Cl)c1c(F)cccc1F.O=C(N[C@H]1CC1c1ccc(Cl)cc1Cl)c1c(F)cccc1F. The monoisotopic (exact) mass is 682 g/mol. The summed E-state index contributed by atoms with van der Waals surface area (Å²) in [5.74, 6) is -4.95. The fourth-order valence-electron chi connectivity index (χ4n) is 4.91. The lowest BCUT2D eigenvalue weighted by Gasteiger charge is -2.08. The molecule has 6 rings (SSSR count). The van der Waals surface area contributed by atoms with E-state index in [1.54, 1.807) is 36.4 Å². The number of hydrogen-bond acceptors (Lipinski definition) is 2. The van der Waals surface area contributed by atoms with Crippen LogP contribution in [0.4, 0.5) is 17.6 Å². The molecule has 228 valence electrons. The predicted molar refractivity (Wildman–Crippen MR) is 163 cm³/mol. The van der Waals surface area contributed by atoms with Gasteiger partial charge >= 0.3 is 0 Å². The van der Waals surface area contributed by atoms with Crippen LogP contribution in [0.3, 0.4) is 0 Å². The van der Waals surface area contributed by atoms with Gasteiger partial charge in [0, 0.05) is 44.0 Å². The number of hydrogen-bond donors (Lipinski definition) is 2. The maximum atomic E-state index is 13.6. The zero-order valence-electron chi connectivity index (χ0n) is 22.5. The fourth-order valence-corrected chi connectivity index (χ4v) is 6.01. The molecule has 4 aromatic rings. The van der Waals surface area contributed by atoms with Gasteiger partial charge in [0.25, 0.3) is 11.8 Å². The van der Waals surface area contributed by atoms with Gasteiger partial charge in [-0.1, -0.05) is 70.7 Å². The first-order valence-corrected chi connectivity index (χ1v) is 14.9. The maximum absolute atomic E-state index is 13.6. The molecule has 4 atom stereocenters. The summed E-state index contributed by atoms with van der Waals surface area (Å²) in [6.45, 7) is 0. The van der Waals surface area contributed by atoms with E-state index in [1.165, 1.54) is 12.1 Å². The van der Waals surface area contributed by atoms with Gasteiger partial charge in [-0.2, -0.15) is 0 Å². The predicted octanol–water partition coefficient (Wildman–Crippen LogP) is 9.11. The number of nitrogens with one attached hydrogen (secondary N) is 2. The third-order valence-electron chi connectivity index (χ3n) is 7.32. The van der Waals surface area contributed by atoms with Crippen molar-refractivity contribution < 1.29 is 27.2 Å². The highest BCUT2D eigenvalue weighted by Crippen LogP contribution is 2.45. The van der Waals surface area contributed by atoms with E-state index in [0.717, 1.165) is 35.4 Å². The van der Waals surface area contributed by atoms with Gasteiger partial charge < -0.3 is 10.6 Å². The highest BCUT2D eigenvalue weighted by molar-refractivity contribution is 6.35. The van der Waals surface area contributed by atoms with Crippen LogP contribution in [0.25, 0.3) is 0 Å². The third-order valence-corrected chi connectivity index (χ3v) is 8.44. The van der Waals surface area contributed by atoms with E-state index in [-0.39, 0.29) is 23.9 Å². The van der Waals surface area contributed by atoms with E-state index in [4.69, 9.17) is 46.4 Å². The summed E-state index contributed by atoms with van der Waals surface area (Å²) in [6, 6.07) is 16.6. The van der Waals surface area contributed by atoms with Crippen molar-refractivity contribution in [2.45, 2.75) is 36.8 Å². The van der Waals surface area contributed by atoms with Gasteiger partial charge in [-0.3, -0.25) is 9.59 Å². The molecule has 4 nitrogen and oxygen atoms in total. The van der Waals surface area contributed by atoms with Crippen molar-refractivity contribution in [1.29, 1.82) is 0 Å². The normalized spacial score (nSPS) is 19.8. The van der Waals surface area contributed by atoms with Crippen LogP contribution < -0.4 is 10.6 Å². The van der Waals surface area contributed by atoms with Gasteiger partial charge in [0.05, 0.1) is 0 Å². The molecule has 0 aromatic heterocycles. The molecular weight excluding hydrogens is 662 g/mol. The Hall–Kier alpha value is -3.30. The maximum Gasteiger partial charge on any atom is 0.257 e. The molecule has 0 heterocycles. The van der Waals surface area contributed by atoms with Gasteiger partial charge in [0.15, 0.2) is 0 Å². The lowest BCUT2D eigenvalue weighted by atomic mass is 10.1.